The minimum atomic E-state index is -0.363. The van der Waals surface area contributed by atoms with Crippen LogP contribution in [0.5, 0.6) is 0 Å². The van der Waals surface area contributed by atoms with E-state index in [-0.39, 0.29) is 29.2 Å². The lowest BCUT2D eigenvalue weighted by molar-refractivity contribution is -0.160. The number of benzene rings is 1. The van der Waals surface area contributed by atoms with Crippen LogP contribution in [0.4, 0.5) is 11.4 Å². The van der Waals surface area contributed by atoms with Crippen LogP contribution in [-0.4, -0.2) is 41.8 Å². The van der Waals surface area contributed by atoms with Gasteiger partial charge in [0.2, 0.25) is 17.7 Å². The number of rotatable bonds is 3. The molecule has 0 spiro atoms. The second kappa shape index (κ2) is 7.32. The molecule has 6 nitrogen and oxygen atoms in total. The minimum Gasteiger partial charge on any atom is -0.330 e. The van der Waals surface area contributed by atoms with Crippen molar-refractivity contribution >= 4 is 29.1 Å². The van der Waals surface area contributed by atoms with E-state index in [1.165, 1.54) is 19.3 Å². The number of hydrogen-bond acceptors (Lipinski definition) is 3. The Morgan fingerprint density at radius 1 is 1.00 bits per heavy atom. The van der Waals surface area contributed by atoms with Crippen LogP contribution in [0.2, 0.25) is 0 Å². The van der Waals surface area contributed by atoms with E-state index in [0.29, 0.717) is 13.1 Å². The maximum absolute atomic E-state index is 13.8. The van der Waals surface area contributed by atoms with Crippen LogP contribution in [0.15, 0.2) is 18.2 Å². The molecule has 32 heavy (non-hydrogen) atoms. The first-order chi connectivity index (χ1) is 15.4. The molecule has 0 radical (unpaired) electrons. The lowest BCUT2D eigenvalue weighted by Crippen LogP contribution is -2.56. The van der Waals surface area contributed by atoms with E-state index in [9.17, 15) is 14.4 Å². The summed E-state index contributed by atoms with van der Waals surface area (Å²) in [6.07, 6.45) is 9.52. The summed E-state index contributed by atoms with van der Waals surface area (Å²) in [5.41, 5.74) is 2.59. The molecule has 7 rings (SSSR count). The highest BCUT2D eigenvalue weighted by atomic mass is 16.2. The molecule has 4 bridgehead atoms. The third kappa shape index (κ3) is 3.17. The predicted molar refractivity (Wildman–Crippen MR) is 122 cm³/mol. The fourth-order valence-corrected chi connectivity index (χ4v) is 7.99. The number of fused-ring (bicyclic) bond motifs is 1. The van der Waals surface area contributed by atoms with Crippen LogP contribution >= 0.6 is 0 Å². The summed E-state index contributed by atoms with van der Waals surface area (Å²) in [7, 11) is 0. The first kappa shape index (κ1) is 20.3. The van der Waals surface area contributed by atoms with E-state index in [1.54, 1.807) is 11.8 Å². The highest BCUT2D eigenvalue weighted by molar-refractivity contribution is 5.99. The predicted octanol–water partition coefficient (Wildman–Crippen LogP) is 3.74. The van der Waals surface area contributed by atoms with Crippen LogP contribution < -0.4 is 10.2 Å². The molecule has 6 aliphatic rings. The Bertz CT molecular complexity index is 951. The topological polar surface area (TPSA) is 69.7 Å². The van der Waals surface area contributed by atoms with Crippen molar-refractivity contribution in [3.63, 3.8) is 0 Å². The molecule has 170 valence electrons. The van der Waals surface area contributed by atoms with E-state index in [4.69, 9.17) is 0 Å². The van der Waals surface area contributed by atoms with Crippen LogP contribution in [0.3, 0.4) is 0 Å². The van der Waals surface area contributed by atoms with E-state index in [2.05, 4.69) is 5.32 Å². The van der Waals surface area contributed by atoms with Crippen molar-refractivity contribution in [2.24, 2.45) is 23.2 Å². The Labute approximate surface area is 189 Å². The molecule has 2 heterocycles. The van der Waals surface area contributed by atoms with Crippen molar-refractivity contribution in [2.45, 2.75) is 70.8 Å². The number of nitrogens with one attached hydrogen (secondary N) is 1. The van der Waals surface area contributed by atoms with E-state index in [0.717, 1.165) is 73.2 Å². The van der Waals surface area contributed by atoms with Crippen molar-refractivity contribution in [1.82, 2.24) is 4.90 Å². The van der Waals surface area contributed by atoms with Crippen molar-refractivity contribution in [2.75, 3.05) is 23.3 Å². The number of carbonyl (C=O) groups is 3. The molecule has 1 unspecified atom stereocenters. The second-order valence-electron chi connectivity index (χ2n) is 11.1. The van der Waals surface area contributed by atoms with Gasteiger partial charge in [-0.2, -0.15) is 0 Å². The highest BCUT2D eigenvalue weighted by Gasteiger charge is 2.56. The number of amides is 3. The lowest BCUT2D eigenvalue weighted by atomic mass is 9.49. The maximum Gasteiger partial charge on any atom is 0.247 e. The summed E-state index contributed by atoms with van der Waals surface area (Å²) < 4.78 is 0. The molecule has 6 heteroatoms. The van der Waals surface area contributed by atoms with Gasteiger partial charge in [-0.25, -0.2) is 0 Å². The summed E-state index contributed by atoms with van der Waals surface area (Å²) in [4.78, 5) is 42.6. The SMILES string of the molecule is CC(=O)N1CCc2cc(NC(=O)C3CCCN3C(=O)C34CC5CC(CC(C5)C3)C4)ccc21. The molecule has 2 aliphatic heterocycles. The highest BCUT2D eigenvalue weighted by Crippen LogP contribution is 2.60. The second-order valence-corrected chi connectivity index (χ2v) is 11.1. The van der Waals surface area contributed by atoms with Gasteiger partial charge in [0.05, 0.1) is 5.41 Å². The molecule has 1 N–H and O–H groups in total. The largest absolute Gasteiger partial charge is 0.330 e. The summed E-state index contributed by atoms with van der Waals surface area (Å²) in [5.74, 6) is 2.41. The van der Waals surface area contributed by atoms with Gasteiger partial charge in [0.15, 0.2) is 0 Å². The van der Waals surface area contributed by atoms with E-state index < -0.39 is 0 Å². The van der Waals surface area contributed by atoms with Crippen molar-refractivity contribution in [3.05, 3.63) is 23.8 Å². The number of likely N-dealkylation sites (tertiary alicyclic amines) is 1. The third-order valence-electron chi connectivity index (χ3n) is 8.93. The van der Waals surface area contributed by atoms with Gasteiger partial charge in [0, 0.05) is 31.4 Å². The Balaban J connectivity index is 1.17. The zero-order valence-corrected chi connectivity index (χ0v) is 18.9. The van der Waals surface area contributed by atoms with Crippen LogP contribution in [0, 0.1) is 23.2 Å². The fraction of sp³-hybridized carbons (Fsp3) is 0.654. The Kier molecular flexibility index (Phi) is 4.63. The van der Waals surface area contributed by atoms with Gasteiger partial charge in [0.1, 0.15) is 6.04 Å². The van der Waals surface area contributed by atoms with Gasteiger partial charge < -0.3 is 15.1 Å². The number of anilines is 2. The Morgan fingerprint density at radius 3 is 2.34 bits per heavy atom. The van der Waals surface area contributed by atoms with Crippen molar-refractivity contribution < 1.29 is 14.4 Å². The first-order valence-electron chi connectivity index (χ1n) is 12.4. The van der Waals surface area contributed by atoms with Crippen LogP contribution in [0.1, 0.15) is 63.9 Å². The third-order valence-corrected chi connectivity index (χ3v) is 8.93. The molecule has 0 aromatic heterocycles. The molecule has 4 saturated carbocycles. The van der Waals surface area contributed by atoms with Gasteiger partial charge >= 0.3 is 0 Å². The summed E-state index contributed by atoms with van der Waals surface area (Å²) in [6.45, 7) is 2.98. The van der Waals surface area contributed by atoms with E-state index in [1.807, 2.05) is 23.1 Å². The molecule has 1 aromatic carbocycles. The smallest absolute Gasteiger partial charge is 0.247 e. The molecular weight excluding hydrogens is 402 g/mol. The van der Waals surface area contributed by atoms with Gasteiger partial charge in [-0.15, -0.1) is 0 Å². The standard InChI is InChI=1S/C26H33N3O3/c1-16(30)28-8-6-20-12-21(4-5-22(20)28)27-24(31)23-3-2-7-29(23)25(32)26-13-17-9-18(14-26)11-19(10-17)15-26/h4-5,12,17-19,23H,2-3,6-11,13-15H2,1H3,(H,27,31). The quantitative estimate of drug-likeness (QED) is 0.786. The summed E-state index contributed by atoms with van der Waals surface area (Å²) >= 11 is 0. The molecule has 3 amide bonds. The monoisotopic (exact) mass is 435 g/mol. The summed E-state index contributed by atoms with van der Waals surface area (Å²) in [5, 5.41) is 3.08. The average Bonchev–Trinajstić information content (AvgIpc) is 3.39. The maximum atomic E-state index is 13.8. The fourth-order valence-electron chi connectivity index (χ4n) is 7.99. The molecule has 4 aliphatic carbocycles. The summed E-state index contributed by atoms with van der Waals surface area (Å²) in [6, 6.07) is 5.42. The Hall–Kier alpha value is -2.37. The normalized spacial score (nSPS) is 34.7. The van der Waals surface area contributed by atoms with Gasteiger partial charge in [0.25, 0.3) is 0 Å². The van der Waals surface area contributed by atoms with Crippen LogP contribution in [0.25, 0.3) is 0 Å². The molecular formula is C26H33N3O3. The zero-order valence-electron chi connectivity index (χ0n) is 18.9. The molecule has 5 fully saturated rings. The first-order valence-corrected chi connectivity index (χ1v) is 12.4. The van der Waals surface area contributed by atoms with Gasteiger partial charge in [-0.3, -0.25) is 14.4 Å². The van der Waals surface area contributed by atoms with Gasteiger partial charge in [-0.05, 0) is 99.3 Å². The van der Waals surface area contributed by atoms with E-state index >= 15 is 0 Å². The van der Waals surface area contributed by atoms with Crippen molar-refractivity contribution in [1.29, 1.82) is 0 Å². The minimum absolute atomic E-state index is 0.0466. The number of carbonyl (C=O) groups excluding carboxylic acids is 3. The van der Waals surface area contributed by atoms with Crippen LogP contribution in [-0.2, 0) is 20.8 Å². The lowest BCUT2D eigenvalue weighted by Gasteiger charge is -2.56. The average molecular weight is 436 g/mol. The van der Waals surface area contributed by atoms with Crippen molar-refractivity contribution in [3.8, 4) is 0 Å². The zero-order chi connectivity index (χ0) is 22.0. The molecule has 1 atom stereocenters. The van der Waals surface area contributed by atoms with Gasteiger partial charge in [-0.1, -0.05) is 0 Å². The number of nitrogens with zero attached hydrogens (tertiary/aromatic N) is 2. The molecule has 1 aromatic rings. The number of hydrogen-bond donors (Lipinski definition) is 1. The molecule has 1 saturated heterocycles. The Morgan fingerprint density at radius 2 is 1.69 bits per heavy atom.